The summed E-state index contributed by atoms with van der Waals surface area (Å²) in [5.41, 5.74) is 3.19. The Balaban J connectivity index is 1.94. The molecule has 1 fully saturated rings. The lowest BCUT2D eigenvalue weighted by Crippen LogP contribution is -2.23. The van der Waals surface area contributed by atoms with E-state index < -0.39 is 5.60 Å². The largest absolute Gasteiger partial charge is 0.490 e. The standard InChI is InChI=1S/C19H22O2/c1-13-7-8-16(11-14(13)2)19(3,20)15-5-4-6-18(12-15)21-17-9-10-17/h4-8,11-12,17,20H,9-10H2,1-3H3. The molecule has 0 aromatic heterocycles. The van der Waals surface area contributed by atoms with Crippen LogP contribution in [0.15, 0.2) is 42.5 Å². The van der Waals surface area contributed by atoms with Crippen LogP contribution in [0.2, 0.25) is 0 Å². The summed E-state index contributed by atoms with van der Waals surface area (Å²) in [5.74, 6) is 0.846. The van der Waals surface area contributed by atoms with Crippen LogP contribution in [0.1, 0.15) is 42.0 Å². The van der Waals surface area contributed by atoms with Gasteiger partial charge in [-0.25, -0.2) is 0 Å². The van der Waals surface area contributed by atoms with E-state index >= 15 is 0 Å². The van der Waals surface area contributed by atoms with Gasteiger partial charge in [0.2, 0.25) is 0 Å². The van der Waals surface area contributed by atoms with E-state index in [9.17, 15) is 5.11 Å². The maximum atomic E-state index is 11.0. The normalized spacial score (nSPS) is 17.3. The molecule has 0 saturated heterocycles. The molecule has 1 atom stereocenters. The molecule has 2 aromatic carbocycles. The van der Waals surface area contributed by atoms with Crippen molar-refractivity contribution < 1.29 is 9.84 Å². The summed E-state index contributed by atoms with van der Waals surface area (Å²) in [6, 6.07) is 13.9. The molecule has 1 unspecified atom stereocenters. The van der Waals surface area contributed by atoms with Crippen molar-refractivity contribution in [3.8, 4) is 5.75 Å². The van der Waals surface area contributed by atoms with E-state index in [4.69, 9.17) is 4.74 Å². The van der Waals surface area contributed by atoms with Crippen LogP contribution < -0.4 is 4.74 Å². The van der Waals surface area contributed by atoms with E-state index in [0.29, 0.717) is 6.10 Å². The Kier molecular flexibility index (Phi) is 3.50. The molecule has 110 valence electrons. The summed E-state index contributed by atoms with van der Waals surface area (Å²) in [6.45, 7) is 5.99. The van der Waals surface area contributed by atoms with Crippen molar-refractivity contribution in [1.82, 2.24) is 0 Å². The number of aryl methyl sites for hydroxylation is 2. The zero-order valence-corrected chi connectivity index (χ0v) is 12.9. The van der Waals surface area contributed by atoms with Gasteiger partial charge >= 0.3 is 0 Å². The highest BCUT2D eigenvalue weighted by Gasteiger charge is 2.28. The molecule has 1 aliphatic rings. The van der Waals surface area contributed by atoms with Crippen molar-refractivity contribution in [2.75, 3.05) is 0 Å². The summed E-state index contributed by atoms with van der Waals surface area (Å²) in [4.78, 5) is 0. The van der Waals surface area contributed by atoms with E-state index in [-0.39, 0.29) is 0 Å². The van der Waals surface area contributed by atoms with Crippen molar-refractivity contribution in [1.29, 1.82) is 0 Å². The molecule has 2 aromatic rings. The van der Waals surface area contributed by atoms with Gasteiger partial charge < -0.3 is 9.84 Å². The molecule has 0 spiro atoms. The van der Waals surface area contributed by atoms with Gasteiger partial charge in [-0.05, 0) is 68.0 Å². The lowest BCUT2D eigenvalue weighted by atomic mass is 9.86. The third kappa shape index (κ3) is 2.96. The first-order valence-corrected chi connectivity index (χ1v) is 7.54. The maximum Gasteiger partial charge on any atom is 0.120 e. The molecule has 0 amide bonds. The van der Waals surface area contributed by atoms with Gasteiger partial charge in [0.1, 0.15) is 11.4 Å². The minimum absolute atomic E-state index is 0.367. The highest BCUT2D eigenvalue weighted by molar-refractivity contribution is 5.42. The van der Waals surface area contributed by atoms with Crippen LogP contribution in [0, 0.1) is 13.8 Å². The monoisotopic (exact) mass is 282 g/mol. The van der Waals surface area contributed by atoms with E-state index in [0.717, 1.165) is 29.7 Å². The first kappa shape index (κ1) is 14.2. The second-order valence-electron chi connectivity index (χ2n) is 6.22. The topological polar surface area (TPSA) is 29.5 Å². The minimum atomic E-state index is -1.01. The van der Waals surface area contributed by atoms with Gasteiger partial charge in [-0.3, -0.25) is 0 Å². The average Bonchev–Trinajstić information content (AvgIpc) is 3.26. The van der Waals surface area contributed by atoms with Crippen molar-refractivity contribution in [2.24, 2.45) is 0 Å². The van der Waals surface area contributed by atoms with E-state index in [1.54, 1.807) is 0 Å². The maximum absolute atomic E-state index is 11.0. The predicted octanol–water partition coefficient (Wildman–Crippen LogP) is 4.10. The lowest BCUT2D eigenvalue weighted by Gasteiger charge is -2.26. The lowest BCUT2D eigenvalue weighted by molar-refractivity contribution is 0.102. The second-order valence-corrected chi connectivity index (χ2v) is 6.22. The highest BCUT2D eigenvalue weighted by Crippen LogP contribution is 2.34. The molecule has 1 N–H and O–H groups in total. The molecule has 3 rings (SSSR count). The molecule has 0 aliphatic heterocycles. The van der Waals surface area contributed by atoms with Gasteiger partial charge in [-0.15, -0.1) is 0 Å². The number of ether oxygens (including phenoxy) is 1. The molecule has 0 radical (unpaired) electrons. The predicted molar refractivity (Wildman–Crippen MR) is 84.7 cm³/mol. The minimum Gasteiger partial charge on any atom is -0.490 e. The fraction of sp³-hybridized carbons (Fsp3) is 0.368. The number of hydrogen-bond acceptors (Lipinski definition) is 2. The molecule has 1 aliphatic carbocycles. The first-order chi connectivity index (χ1) is 9.96. The molecule has 2 nitrogen and oxygen atoms in total. The molecular formula is C19H22O2. The molecule has 0 bridgehead atoms. The zero-order valence-electron chi connectivity index (χ0n) is 12.9. The quantitative estimate of drug-likeness (QED) is 0.914. The number of benzene rings is 2. The van der Waals surface area contributed by atoms with Gasteiger partial charge in [-0.2, -0.15) is 0 Å². The van der Waals surface area contributed by atoms with Crippen LogP contribution in [0.5, 0.6) is 5.75 Å². The molecule has 21 heavy (non-hydrogen) atoms. The molecular weight excluding hydrogens is 260 g/mol. The van der Waals surface area contributed by atoms with Crippen LogP contribution in [0.3, 0.4) is 0 Å². The van der Waals surface area contributed by atoms with Crippen LogP contribution in [-0.4, -0.2) is 11.2 Å². The van der Waals surface area contributed by atoms with Gasteiger partial charge in [0.05, 0.1) is 6.10 Å². The van der Waals surface area contributed by atoms with E-state index in [2.05, 4.69) is 26.0 Å². The number of aliphatic hydroxyl groups is 1. The van der Waals surface area contributed by atoms with Crippen molar-refractivity contribution in [2.45, 2.75) is 45.3 Å². The molecule has 1 saturated carbocycles. The third-order valence-corrected chi connectivity index (χ3v) is 4.29. The number of hydrogen-bond donors (Lipinski definition) is 1. The Bertz CT molecular complexity index is 654. The van der Waals surface area contributed by atoms with E-state index in [1.807, 2.05) is 37.3 Å². The van der Waals surface area contributed by atoms with Crippen LogP contribution in [0.25, 0.3) is 0 Å². The Morgan fingerprint density at radius 3 is 2.38 bits per heavy atom. The van der Waals surface area contributed by atoms with Crippen LogP contribution in [-0.2, 0) is 5.60 Å². The van der Waals surface area contributed by atoms with Crippen molar-refractivity contribution >= 4 is 0 Å². The Labute approximate surface area is 126 Å². The van der Waals surface area contributed by atoms with Gasteiger partial charge in [0, 0.05) is 0 Å². The molecule has 2 heteroatoms. The van der Waals surface area contributed by atoms with Crippen LogP contribution in [0.4, 0.5) is 0 Å². The van der Waals surface area contributed by atoms with Gasteiger partial charge in [0.15, 0.2) is 0 Å². The first-order valence-electron chi connectivity index (χ1n) is 7.54. The SMILES string of the molecule is Cc1ccc(C(C)(O)c2cccc(OC3CC3)c2)cc1C. The third-order valence-electron chi connectivity index (χ3n) is 4.29. The van der Waals surface area contributed by atoms with Crippen LogP contribution >= 0.6 is 0 Å². The summed E-state index contributed by atoms with van der Waals surface area (Å²) < 4.78 is 5.83. The van der Waals surface area contributed by atoms with Crippen molar-refractivity contribution in [3.63, 3.8) is 0 Å². The summed E-state index contributed by atoms with van der Waals surface area (Å²) in [6.07, 6.45) is 2.64. The second kappa shape index (κ2) is 5.19. The number of rotatable bonds is 4. The Morgan fingerprint density at radius 1 is 1.00 bits per heavy atom. The summed E-state index contributed by atoms with van der Waals surface area (Å²) in [5, 5.41) is 11.0. The average molecular weight is 282 g/mol. The Morgan fingerprint density at radius 2 is 1.71 bits per heavy atom. The Hall–Kier alpha value is -1.80. The zero-order chi connectivity index (χ0) is 15.0. The van der Waals surface area contributed by atoms with Gasteiger partial charge in [0.25, 0.3) is 0 Å². The summed E-state index contributed by atoms with van der Waals surface area (Å²) in [7, 11) is 0. The van der Waals surface area contributed by atoms with Crippen molar-refractivity contribution in [3.05, 3.63) is 64.7 Å². The summed E-state index contributed by atoms with van der Waals surface area (Å²) >= 11 is 0. The fourth-order valence-electron chi connectivity index (χ4n) is 2.46. The van der Waals surface area contributed by atoms with E-state index in [1.165, 1.54) is 11.1 Å². The van der Waals surface area contributed by atoms with Gasteiger partial charge in [-0.1, -0.05) is 30.3 Å². The fourth-order valence-corrected chi connectivity index (χ4v) is 2.46. The molecule has 0 heterocycles. The smallest absolute Gasteiger partial charge is 0.120 e. The highest BCUT2D eigenvalue weighted by atomic mass is 16.5.